The van der Waals surface area contributed by atoms with Gasteiger partial charge in [0, 0.05) is 18.1 Å². The minimum Gasteiger partial charge on any atom is -0.493 e. The number of methoxy groups -OCH3 is 2. The van der Waals surface area contributed by atoms with E-state index in [2.05, 4.69) is 4.74 Å². The summed E-state index contributed by atoms with van der Waals surface area (Å²) in [5.41, 5.74) is 0.827. The predicted molar refractivity (Wildman–Crippen MR) is 78.5 cm³/mol. The molecule has 0 fully saturated rings. The summed E-state index contributed by atoms with van der Waals surface area (Å²) >= 11 is 0. The van der Waals surface area contributed by atoms with Gasteiger partial charge in [0.25, 0.3) is 0 Å². The molecule has 0 aromatic heterocycles. The fourth-order valence-electron chi connectivity index (χ4n) is 2.23. The molecule has 2 rings (SSSR count). The normalized spacial score (nSPS) is 17.5. The van der Waals surface area contributed by atoms with E-state index >= 15 is 0 Å². The zero-order valence-electron chi connectivity index (χ0n) is 12.7. The maximum absolute atomic E-state index is 11.2. The molecule has 0 bridgehead atoms. The lowest BCUT2D eigenvalue weighted by atomic mass is 9.96. The maximum atomic E-state index is 11.2. The largest absolute Gasteiger partial charge is 0.493 e. The molecule has 0 saturated heterocycles. The Kier molecular flexibility index (Phi) is 4.23. The van der Waals surface area contributed by atoms with Crippen molar-refractivity contribution in [1.29, 1.82) is 0 Å². The molecule has 21 heavy (non-hydrogen) atoms. The number of aliphatic hydroxyl groups is 1. The van der Waals surface area contributed by atoms with Crippen LogP contribution in [0.15, 0.2) is 18.2 Å². The van der Waals surface area contributed by atoms with Crippen LogP contribution in [0.5, 0.6) is 11.5 Å². The summed E-state index contributed by atoms with van der Waals surface area (Å²) in [6.45, 7) is 3.43. The van der Waals surface area contributed by atoms with Crippen LogP contribution in [0.3, 0.4) is 0 Å². The average Bonchev–Trinajstić information content (AvgIpc) is 2.87. The van der Waals surface area contributed by atoms with Gasteiger partial charge in [-0.3, -0.25) is 0 Å². The van der Waals surface area contributed by atoms with Crippen LogP contribution in [0.25, 0.3) is 6.08 Å². The molecule has 0 amide bonds. The second kappa shape index (κ2) is 5.77. The van der Waals surface area contributed by atoms with E-state index in [-0.39, 0.29) is 6.10 Å². The molecule has 1 aromatic carbocycles. The van der Waals surface area contributed by atoms with Gasteiger partial charge < -0.3 is 19.3 Å². The first-order valence-electron chi connectivity index (χ1n) is 6.71. The Labute approximate surface area is 124 Å². The van der Waals surface area contributed by atoms with Gasteiger partial charge in [0.2, 0.25) is 0 Å². The van der Waals surface area contributed by atoms with Gasteiger partial charge in [-0.15, -0.1) is 0 Å². The number of ether oxygens (including phenoxy) is 3. The molecule has 0 unspecified atom stereocenters. The van der Waals surface area contributed by atoms with E-state index < -0.39 is 11.6 Å². The number of carbonyl (C=O) groups excluding carboxylic acids is 1. The zero-order chi connectivity index (χ0) is 15.6. The number of hydrogen-bond acceptors (Lipinski definition) is 5. The van der Waals surface area contributed by atoms with Crippen molar-refractivity contribution in [3.63, 3.8) is 0 Å². The Hall–Kier alpha value is -2.01. The van der Waals surface area contributed by atoms with Gasteiger partial charge in [0.05, 0.1) is 19.8 Å². The highest BCUT2D eigenvalue weighted by Crippen LogP contribution is 2.41. The van der Waals surface area contributed by atoms with Crippen molar-refractivity contribution in [2.75, 3.05) is 14.2 Å². The Balaban J connectivity index is 2.32. The third kappa shape index (κ3) is 3.36. The summed E-state index contributed by atoms with van der Waals surface area (Å²) in [4.78, 5) is 11.2. The third-order valence-electron chi connectivity index (χ3n) is 3.44. The van der Waals surface area contributed by atoms with Crippen molar-refractivity contribution < 1.29 is 24.1 Å². The monoisotopic (exact) mass is 292 g/mol. The van der Waals surface area contributed by atoms with Crippen molar-refractivity contribution in [3.05, 3.63) is 29.3 Å². The van der Waals surface area contributed by atoms with Gasteiger partial charge in [0.1, 0.15) is 6.10 Å². The summed E-state index contributed by atoms with van der Waals surface area (Å²) in [7, 11) is 2.89. The predicted octanol–water partition coefficient (Wildman–Crippen LogP) is 1.96. The molecule has 5 nitrogen and oxygen atoms in total. The molecule has 5 heteroatoms. The Morgan fingerprint density at radius 1 is 1.43 bits per heavy atom. The quantitative estimate of drug-likeness (QED) is 0.679. The summed E-state index contributed by atoms with van der Waals surface area (Å²) in [5, 5.41) is 10.1. The number of benzene rings is 1. The number of rotatable bonds is 4. The fraction of sp³-hybridized carbons (Fsp3) is 0.438. The molecule has 114 valence electrons. The highest BCUT2D eigenvalue weighted by molar-refractivity contribution is 5.87. The third-order valence-corrected chi connectivity index (χ3v) is 3.44. The van der Waals surface area contributed by atoms with Crippen LogP contribution in [-0.4, -0.2) is 37.0 Å². The van der Waals surface area contributed by atoms with Gasteiger partial charge in [-0.05, 0) is 37.6 Å². The molecular weight excluding hydrogens is 272 g/mol. The highest BCUT2D eigenvalue weighted by Gasteiger charge is 2.36. The standard InChI is InChI=1S/C16H20O5/c1-16(2,18)13-9-11-7-10(5-6-14(17)20-4)8-12(19-3)15(11)21-13/h5-8,13,18H,9H2,1-4H3/t13-/m0/s1. The van der Waals surface area contributed by atoms with Crippen molar-refractivity contribution in [1.82, 2.24) is 0 Å². The first-order valence-corrected chi connectivity index (χ1v) is 6.71. The second-order valence-corrected chi connectivity index (χ2v) is 5.53. The molecule has 1 aliphatic rings. The topological polar surface area (TPSA) is 65.0 Å². The van der Waals surface area contributed by atoms with E-state index in [0.29, 0.717) is 17.9 Å². The Morgan fingerprint density at radius 3 is 2.71 bits per heavy atom. The lowest BCUT2D eigenvalue weighted by Gasteiger charge is -2.24. The van der Waals surface area contributed by atoms with Gasteiger partial charge in [-0.25, -0.2) is 4.79 Å². The lowest BCUT2D eigenvalue weighted by molar-refractivity contribution is -0.134. The SMILES string of the molecule is COC(=O)C=Cc1cc2c(c(OC)c1)O[C@H](C(C)(C)O)C2. The molecule has 1 N–H and O–H groups in total. The number of esters is 1. The molecule has 0 saturated carbocycles. The lowest BCUT2D eigenvalue weighted by Crippen LogP contribution is -2.39. The van der Waals surface area contributed by atoms with Crippen molar-refractivity contribution in [2.45, 2.75) is 32.0 Å². The first-order chi connectivity index (χ1) is 9.85. The Bertz CT molecular complexity index is 569. The van der Waals surface area contributed by atoms with Gasteiger partial charge in [-0.2, -0.15) is 0 Å². The fourth-order valence-corrected chi connectivity index (χ4v) is 2.23. The van der Waals surface area contributed by atoms with Crippen LogP contribution in [0.1, 0.15) is 25.0 Å². The number of hydrogen-bond donors (Lipinski definition) is 1. The van der Waals surface area contributed by atoms with E-state index in [4.69, 9.17) is 9.47 Å². The van der Waals surface area contributed by atoms with Gasteiger partial charge in [-0.1, -0.05) is 0 Å². The summed E-state index contributed by atoms with van der Waals surface area (Å²) in [5.74, 6) is 0.823. The molecule has 1 aliphatic heterocycles. The second-order valence-electron chi connectivity index (χ2n) is 5.53. The zero-order valence-corrected chi connectivity index (χ0v) is 12.7. The van der Waals surface area contributed by atoms with Crippen LogP contribution in [0.4, 0.5) is 0 Å². The maximum Gasteiger partial charge on any atom is 0.330 e. The van der Waals surface area contributed by atoms with Crippen LogP contribution in [0.2, 0.25) is 0 Å². The van der Waals surface area contributed by atoms with Crippen molar-refractivity contribution in [3.8, 4) is 11.5 Å². The molecule has 0 spiro atoms. The van der Waals surface area contributed by atoms with E-state index in [1.54, 1.807) is 33.1 Å². The van der Waals surface area contributed by atoms with Crippen LogP contribution >= 0.6 is 0 Å². The Morgan fingerprint density at radius 2 is 2.14 bits per heavy atom. The molecular formula is C16H20O5. The van der Waals surface area contributed by atoms with Crippen LogP contribution in [0, 0.1) is 0 Å². The smallest absolute Gasteiger partial charge is 0.330 e. The van der Waals surface area contributed by atoms with Gasteiger partial charge in [0.15, 0.2) is 11.5 Å². The molecule has 0 aliphatic carbocycles. The van der Waals surface area contributed by atoms with E-state index in [1.807, 2.05) is 6.07 Å². The molecule has 0 radical (unpaired) electrons. The summed E-state index contributed by atoms with van der Waals surface area (Å²) < 4.78 is 15.7. The van der Waals surface area contributed by atoms with Crippen molar-refractivity contribution >= 4 is 12.0 Å². The molecule has 1 atom stereocenters. The number of fused-ring (bicyclic) bond motifs is 1. The van der Waals surface area contributed by atoms with E-state index in [0.717, 1.165) is 11.1 Å². The minimum absolute atomic E-state index is 0.318. The minimum atomic E-state index is -0.938. The average molecular weight is 292 g/mol. The van der Waals surface area contributed by atoms with Crippen molar-refractivity contribution in [2.24, 2.45) is 0 Å². The number of carbonyl (C=O) groups is 1. The summed E-state index contributed by atoms with van der Waals surface area (Å²) in [6, 6.07) is 3.70. The highest BCUT2D eigenvalue weighted by atomic mass is 16.5. The summed E-state index contributed by atoms with van der Waals surface area (Å²) in [6.07, 6.45) is 3.28. The van der Waals surface area contributed by atoms with E-state index in [1.165, 1.54) is 13.2 Å². The molecule has 1 heterocycles. The molecule has 1 aromatic rings. The van der Waals surface area contributed by atoms with E-state index in [9.17, 15) is 9.90 Å². The van der Waals surface area contributed by atoms with Crippen LogP contribution in [-0.2, 0) is 16.0 Å². The van der Waals surface area contributed by atoms with Crippen LogP contribution < -0.4 is 9.47 Å². The first kappa shape index (κ1) is 15.4. The van der Waals surface area contributed by atoms with Gasteiger partial charge >= 0.3 is 5.97 Å².